The van der Waals surface area contributed by atoms with Gasteiger partial charge in [0.1, 0.15) is 5.47 Å². The third kappa shape index (κ3) is 2.36. The highest BCUT2D eigenvalue weighted by molar-refractivity contribution is 8.69. The summed E-state index contributed by atoms with van der Waals surface area (Å²) in [5, 5.41) is 0.601. The second-order valence-electron chi connectivity index (χ2n) is 5.09. The minimum absolute atomic E-state index is 0.0564. The predicted molar refractivity (Wildman–Crippen MR) is 73.2 cm³/mol. The van der Waals surface area contributed by atoms with Gasteiger partial charge in [-0.1, -0.05) is 35.3 Å². The summed E-state index contributed by atoms with van der Waals surface area (Å²) >= 11 is 7.46. The van der Waals surface area contributed by atoms with Gasteiger partial charge >= 0.3 is 0 Å². The maximum Gasteiger partial charge on any atom is 0.117 e. The van der Waals surface area contributed by atoms with Crippen molar-refractivity contribution in [2.75, 3.05) is 6.66 Å². The molecule has 2 rings (SSSR count). The molecule has 0 aromatic rings. The maximum absolute atomic E-state index is 6.13. The lowest BCUT2D eigenvalue weighted by Crippen LogP contribution is -2.40. The van der Waals surface area contributed by atoms with Crippen LogP contribution in [0.3, 0.4) is 0 Å². The average molecular weight is 262 g/mol. The first-order valence-electron chi connectivity index (χ1n) is 5.44. The highest BCUT2D eigenvalue weighted by atomic mass is 32.9. The first kappa shape index (κ1) is 12.2. The van der Waals surface area contributed by atoms with Gasteiger partial charge in [-0.3, -0.25) is 0 Å². The summed E-state index contributed by atoms with van der Waals surface area (Å²) in [5.74, 6) is 0.687. The van der Waals surface area contributed by atoms with Crippen LogP contribution in [0, 0.1) is 5.92 Å². The summed E-state index contributed by atoms with van der Waals surface area (Å²) in [7, 11) is 0. The molecule has 2 aliphatic rings. The molecule has 0 unspecified atom stereocenters. The fourth-order valence-electron chi connectivity index (χ4n) is 2.59. The lowest BCUT2D eigenvalue weighted by Gasteiger charge is -2.37. The van der Waals surface area contributed by atoms with Gasteiger partial charge in [0, 0.05) is 5.25 Å². The van der Waals surface area contributed by atoms with Gasteiger partial charge in [-0.05, 0) is 45.7 Å². The number of fused-ring (bicyclic) bond motifs is 1. The molecule has 0 aromatic heterocycles. The molecule has 15 heavy (non-hydrogen) atoms. The Bertz CT molecular complexity index is 341. The van der Waals surface area contributed by atoms with Gasteiger partial charge < -0.3 is 4.52 Å². The third-order valence-electron chi connectivity index (χ3n) is 3.56. The lowest BCUT2D eigenvalue weighted by molar-refractivity contribution is 0.0678. The normalized spacial score (nSPS) is 50.1. The summed E-state index contributed by atoms with van der Waals surface area (Å²) in [6.45, 7) is 10.6. The monoisotopic (exact) mass is 262 g/mol. The van der Waals surface area contributed by atoms with Crippen molar-refractivity contribution in [2.24, 2.45) is 5.92 Å². The largest absolute Gasteiger partial charge is 0.334 e. The predicted octanol–water partition coefficient (Wildman–Crippen LogP) is 4.19. The molecule has 1 nitrogen and oxygen atoms in total. The summed E-state index contributed by atoms with van der Waals surface area (Å²) in [6, 6.07) is 0. The van der Waals surface area contributed by atoms with Gasteiger partial charge in [0.25, 0.3) is 0 Å². The van der Waals surface area contributed by atoms with Crippen molar-refractivity contribution < 1.29 is 4.52 Å². The van der Waals surface area contributed by atoms with Crippen LogP contribution >= 0.6 is 16.8 Å². The molecule has 1 aliphatic carbocycles. The smallest absolute Gasteiger partial charge is 0.117 e. The molecule has 1 saturated carbocycles. The second-order valence-corrected chi connectivity index (χ2v) is 13.1. The molecular formula is C11H19OPS2. The van der Waals surface area contributed by atoms with E-state index in [0.29, 0.717) is 11.2 Å². The molecule has 1 saturated heterocycles. The van der Waals surface area contributed by atoms with Crippen molar-refractivity contribution in [1.82, 2.24) is 0 Å². The first-order valence-corrected chi connectivity index (χ1v) is 10.1. The molecule has 86 valence electrons. The fraction of sp³-hybridized carbons (Fsp3) is 0.818. The molecule has 4 heteroatoms. The van der Waals surface area contributed by atoms with Crippen molar-refractivity contribution in [2.45, 2.75) is 44.0 Å². The van der Waals surface area contributed by atoms with Gasteiger partial charge in [-0.2, -0.15) is 0 Å². The van der Waals surface area contributed by atoms with Gasteiger partial charge in [0.2, 0.25) is 0 Å². The average Bonchev–Trinajstić information content (AvgIpc) is 2.31. The van der Waals surface area contributed by atoms with Crippen molar-refractivity contribution in [3.05, 3.63) is 12.2 Å². The molecule has 4 atom stereocenters. The zero-order valence-electron chi connectivity index (χ0n) is 9.66. The van der Waals surface area contributed by atoms with E-state index in [1.807, 2.05) is 11.4 Å². The highest BCUT2D eigenvalue weighted by Crippen LogP contribution is 2.72. The Morgan fingerprint density at radius 1 is 1.67 bits per heavy atom. The Kier molecular flexibility index (Phi) is 3.14. The van der Waals surface area contributed by atoms with E-state index in [0.717, 1.165) is 6.42 Å². The zero-order valence-corrected chi connectivity index (χ0v) is 12.2. The highest BCUT2D eigenvalue weighted by Gasteiger charge is 2.50. The van der Waals surface area contributed by atoms with Crippen LogP contribution in [-0.4, -0.2) is 17.5 Å². The van der Waals surface area contributed by atoms with Crippen molar-refractivity contribution >= 4 is 28.7 Å². The van der Waals surface area contributed by atoms with Crippen LogP contribution in [0.25, 0.3) is 0 Å². The summed E-state index contributed by atoms with van der Waals surface area (Å²) < 4.78 is 6.13. The third-order valence-corrected chi connectivity index (χ3v) is 8.77. The minimum atomic E-state index is -1.55. The van der Waals surface area contributed by atoms with Crippen LogP contribution in [-0.2, 0) is 16.3 Å². The van der Waals surface area contributed by atoms with E-state index in [2.05, 4.69) is 27.1 Å². The van der Waals surface area contributed by atoms with Crippen LogP contribution in [0.2, 0.25) is 0 Å². The Morgan fingerprint density at radius 3 is 2.93 bits per heavy atom. The molecule has 0 N–H and O–H groups in total. The fourth-order valence-corrected chi connectivity index (χ4v) is 9.25. The Labute approximate surface area is 102 Å². The minimum Gasteiger partial charge on any atom is -0.334 e. The molecule has 2 fully saturated rings. The molecule has 1 heterocycles. The van der Waals surface area contributed by atoms with Crippen molar-refractivity contribution in [1.29, 1.82) is 0 Å². The van der Waals surface area contributed by atoms with Gasteiger partial charge in [0.15, 0.2) is 0 Å². The summed E-state index contributed by atoms with van der Waals surface area (Å²) in [4.78, 5) is 0. The SMILES string of the molecule is C=C(C)[C@@H]1CC[C@]2(C)O[P@@](C)(=S)S[C@H]2C1. The summed E-state index contributed by atoms with van der Waals surface area (Å²) in [5.41, 5.74) is -0.166. The molecule has 0 spiro atoms. The number of allylic oxidation sites excluding steroid dienone is 1. The van der Waals surface area contributed by atoms with E-state index >= 15 is 0 Å². The van der Waals surface area contributed by atoms with Crippen LogP contribution < -0.4 is 0 Å². The molecule has 0 amide bonds. The van der Waals surface area contributed by atoms with Crippen molar-refractivity contribution in [3.8, 4) is 0 Å². The van der Waals surface area contributed by atoms with E-state index in [9.17, 15) is 0 Å². The summed E-state index contributed by atoms with van der Waals surface area (Å²) in [6.07, 6.45) is 3.58. The maximum atomic E-state index is 6.13. The molecule has 0 aromatic carbocycles. The molecule has 1 aliphatic heterocycles. The molecule has 0 bridgehead atoms. The number of rotatable bonds is 1. The van der Waals surface area contributed by atoms with E-state index in [-0.39, 0.29) is 5.60 Å². The van der Waals surface area contributed by atoms with Crippen molar-refractivity contribution in [3.63, 3.8) is 0 Å². The Hall–Kier alpha value is 0.700. The first-order chi connectivity index (χ1) is 6.82. The van der Waals surface area contributed by atoms with Crippen LogP contribution in [0.4, 0.5) is 0 Å². The van der Waals surface area contributed by atoms with Gasteiger partial charge in [-0.25, -0.2) is 0 Å². The Morgan fingerprint density at radius 2 is 2.33 bits per heavy atom. The number of hydrogen-bond donors (Lipinski definition) is 0. The van der Waals surface area contributed by atoms with E-state index in [1.165, 1.54) is 18.4 Å². The van der Waals surface area contributed by atoms with E-state index in [1.54, 1.807) is 0 Å². The quantitative estimate of drug-likeness (QED) is 0.518. The van der Waals surface area contributed by atoms with Gasteiger partial charge in [-0.15, -0.1) is 0 Å². The lowest BCUT2D eigenvalue weighted by atomic mass is 9.77. The van der Waals surface area contributed by atoms with E-state index in [4.69, 9.17) is 16.3 Å². The number of hydrogen-bond acceptors (Lipinski definition) is 3. The van der Waals surface area contributed by atoms with E-state index < -0.39 is 5.47 Å². The van der Waals surface area contributed by atoms with Gasteiger partial charge in [0.05, 0.1) is 5.60 Å². The van der Waals surface area contributed by atoms with Crippen LogP contribution in [0.5, 0.6) is 0 Å². The topological polar surface area (TPSA) is 9.23 Å². The van der Waals surface area contributed by atoms with Crippen LogP contribution in [0.1, 0.15) is 33.1 Å². The zero-order chi connectivity index (χ0) is 11.3. The Balaban J connectivity index is 2.16. The molecular weight excluding hydrogens is 243 g/mol. The standard InChI is InChI=1S/C11H19OPS2/c1-8(2)9-5-6-11(3)10(7-9)15-13(4,14)12-11/h9-10H,1,5-7H2,2-4H3/t9-,10+,11+,13+/m1/s1. The second kappa shape index (κ2) is 3.87. The molecule has 0 radical (unpaired) electrons. The van der Waals surface area contributed by atoms with Crippen LogP contribution in [0.15, 0.2) is 12.2 Å².